The van der Waals surface area contributed by atoms with Crippen molar-refractivity contribution < 1.29 is 19.1 Å². The van der Waals surface area contributed by atoms with E-state index in [0.717, 1.165) is 50.0 Å². The number of carbonyl (C=O) groups excluding carboxylic acids is 2. The first-order chi connectivity index (χ1) is 13.0. The van der Waals surface area contributed by atoms with E-state index in [1.54, 1.807) is 0 Å². The number of nitrogens with one attached hydrogen (secondary N) is 1. The van der Waals surface area contributed by atoms with Crippen LogP contribution in [0.25, 0.3) is 0 Å². The summed E-state index contributed by atoms with van der Waals surface area (Å²) < 4.78 is 11.6. The molecule has 0 bridgehead atoms. The molecule has 27 heavy (non-hydrogen) atoms. The molecule has 1 aromatic rings. The molecule has 0 spiro atoms. The topological polar surface area (TPSA) is 67.9 Å². The maximum Gasteiger partial charge on any atom is 0.229 e. The molecule has 146 valence electrons. The fourth-order valence-corrected chi connectivity index (χ4v) is 4.03. The molecule has 1 aromatic carbocycles. The number of piperidine rings is 1. The number of hydrogen-bond acceptors (Lipinski definition) is 4. The number of nitrogens with zero attached hydrogens (tertiary/aromatic N) is 1. The van der Waals surface area contributed by atoms with Gasteiger partial charge in [-0.15, -0.1) is 0 Å². The van der Waals surface area contributed by atoms with Crippen LogP contribution in [-0.4, -0.2) is 42.5 Å². The van der Waals surface area contributed by atoms with Gasteiger partial charge in [-0.2, -0.15) is 0 Å². The van der Waals surface area contributed by atoms with Gasteiger partial charge in [-0.1, -0.05) is 0 Å². The Hall–Kier alpha value is -2.24. The Kier molecular flexibility index (Phi) is 4.98. The van der Waals surface area contributed by atoms with E-state index in [9.17, 15) is 9.59 Å². The van der Waals surface area contributed by atoms with E-state index in [1.165, 1.54) is 0 Å². The van der Waals surface area contributed by atoms with Crippen LogP contribution in [0.2, 0.25) is 0 Å². The molecule has 1 saturated carbocycles. The quantitative estimate of drug-likeness (QED) is 0.863. The normalized spacial score (nSPS) is 24.1. The van der Waals surface area contributed by atoms with Crippen LogP contribution in [0, 0.1) is 11.8 Å². The number of carbonyl (C=O) groups is 2. The van der Waals surface area contributed by atoms with Gasteiger partial charge in [0.1, 0.15) is 17.6 Å². The Morgan fingerprint density at radius 2 is 2.07 bits per heavy atom. The highest BCUT2D eigenvalue weighted by Crippen LogP contribution is 2.38. The molecule has 2 aliphatic heterocycles. The average Bonchev–Trinajstić information content (AvgIpc) is 3.44. The van der Waals surface area contributed by atoms with Crippen LogP contribution < -0.4 is 14.8 Å². The summed E-state index contributed by atoms with van der Waals surface area (Å²) in [6.07, 6.45) is 4.67. The molecule has 2 fully saturated rings. The predicted octanol–water partition coefficient (Wildman–Crippen LogP) is 3.00. The maximum absolute atomic E-state index is 12.9. The van der Waals surface area contributed by atoms with Crippen LogP contribution >= 0.6 is 0 Å². The van der Waals surface area contributed by atoms with Crippen LogP contribution in [0.15, 0.2) is 12.1 Å². The predicted molar refractivity (Wildman–Crippen MR) is 102 cm³/mol. The van der Waals surface area contributed by atoms with E-state index in [0.29, 0.717) is 24.6 Å². The molecule has 2 amide bonds. The summed E-state index contributed by atoms with van der Waals surface area (Å²) in [5.74, 6) is 1.70. The number of anilines is 1. The second-order valence-corrected chi connectivity index (χ2v) is 7.91. The minimum atomic E-state index is -0.177. The average molecular weight is 372 g/mol. The van der Waals surface area contributed by atoms with E-state index in [2.05, 4.69) is 5.32 Å². The smallest absolute Gasteiger partial charge is 0.229 e. The highest BCUT2D eigenvalue weighted by molar-refractivity contribution is 5.95. The van der Waals surface area contributed by atoms with Gasteiger partial charge in [-0.25, -0.2) is 0 Å². The summed E-state index contributed by atoms with van der Waals surface area (Å²) in [5.41, 5.74) is 1.77. The Morgan fingerprint density at radius 3 is 2.81 bits per heavy atom. The monoisotopic (exact) mass is 372 g/mol. The van der Waals surface area contributed by atoms with E-state index in [4.69, 9.17) is 9.47 Å². The van der Waals surface area contributed by atoms with E-state index in [1.807, 2.05) is 30.9 Å². The Balaban J connectivity index is 1.47. The van der Waals surface area contributed by atoms with Crippen molar-refractivity contribution in [2.75, 3.05) is 25.0 Å². The van der Waals surface area contributed by atoms with Crippen LogP contribution in [0.1, 0.15) is 45.1 Å². The van der Waals surface area contributed by atoms with Gasteiger partial charge in [0.2, 0.25) is 11.8 Å². The van der Waals surface area contributed by atoms with E-state index in [-0.39, 0.29) is 29.8 Å². The summed E-state index contributed by atoms with van der Waals surface area (Å²) in [4.78, 5) is 27.1. The molecule has 1 aliphatic carbocycles. The SMILES string of the molecule is CCOc1cc2c(cc1NC(=O)[C@@H]1CCCN(C(=O)C3CC3)C1)O[C@@H](C)C2. The lowest BCUT2D eigenvalue weighted by atomic mass is 9.96. The van der Waals surface area contributed by atoms with Crippen molar-refractivity contribution in [3.8, 4) is 11.5 Å². The molecule has 2 heterocycles. The van der Waals surface area contributed by atoms with Gasteiger partial charge < -0.3 is 19.7 Å². The number of likely N-dealkylation sites (tertiary alicyclic amines) is 1. The number of amides is 2. The largest absolute Gasteiger partial charge is 0.492 e. The third-order valence-corrected chi connectivity index (χ3v) is 5.59. The van der Waals surface area contributed by atoms with Crippen LogP contribution in [0.4, 0.5) is 5.69 Å². The summed E-state index contributed by atoms with van der Waals surface area (Å²) in [6, 6.07) is 3.85. The zero-order valence-corrected chi connectivity index (χ0v) is 16.1. The lowest BCUT2D eigenvalue weighted by Crippen LogP contribution is -2.44. The van der Waals surface area contributed by atoms with Gasteiger partial charge in [0.15, 0.2) is 0 Å². The highest BCUT2D eigenvalue weighted by atomic mass is 16.5. The molecular weight excluding hydrogens is 344 g/mol. The molecule has 3 aliphatic rings. The lowest BCUT2D eigenvalue weighted by Gasteiger charge is -2.32. The molecule has 0 radical (unpaired) electrons. The summed E-state index contributed by atoms with van der Waals surface area (Å²) in [7, 11) is 0. The third-order valence-electron chi connectivity index (χ3n) is 5.59. The summed E-state index contributed by atoms with van der Waals surface area (Å²) >= 11 is 0. The first kappa shape index (κ1) is 18.1. The first-order valence-electron chi connectivity index (χ1n) is 10.1. The second-order valence-electron chi connectivity index (χ2n) is 7.91. The maximum atomic E-state index is 12.9. The molecule has 4 rings (SSSR count). The van der Waals surface area contributed by atoms with Crippen LogP contribution in [0.3, 0.4) is 0 Å². The van der Waals surface area contributed by atoms with Crippen LogP contribution in [-0.2, 0) is 16.0 Å². The third kappa shape index (κ3) is 3.89. The van der Waals surface area contributed by atoms with Gasteiger partial charge in [0.05, 0.1) is 18.2 Å². The molecule has 1 saturated heterocycles. The minimum Gasteiger partial charge on any atom is -0.492 e. The van der Waals surface area contributed by atoms with E-state index >= 15 is 0 Å². The van der Waals surface area contributed by atoms with Crippen molar-refractivity contribution in [1.29, 1.82) is 0 Å². The van der Waals surface area contributed by atoms with Gasteiger partial charge in [0, 0.05) is 37.1 Å². The van der Waals surface area contributed by atoms with E-state index < -0.39 is 0 Å². The second kappa shape index (κ2) is 7.41. The minimum absolute atomic E-state index is 0.0461. The van der Waals surface area contributed by atoms with Crippen molar-refractivity contribution in [3.05, 3.63) is 17.7 Å². The number of benzene rings is 1. The molecule has 6 heteroatoms. The fourth-order valence-electron chi connectivity index (χ4n) is 4.03. The zero-order chi connectivity index (χ0) is 19.0. The first-order valence-corrected chi connectivity index (χ1v) is 10.1. The highest BCUT2D eigenvalue weighted by Gasteiger charge is 2.37. The van der Waals surface area contributed by atoms with Crippen molar-refractivity contribution >= 4 is 17.5 Å². The van der Waals surface area contributed by atoms with Crippen molar-refractivity contribution in [1.82, 2.24) is 4.90 Å². The molecule has 0 unspecified atom stereocenters. The Labute approximate surface area is 160 Å². The van der Waals surface area contributed by atoms with Gasteiger partial charge >= 0.3 is 0 Å². The number of hydrogen-bond donors (Lipinski definition) is 1. The zero-order valence-electron chi connectivity index (χ0n) is 16.1. The van der Waals surface area contributed by atoms with Crippen molar-refractivity contribution in [2.24, 2.45) is 11.8 Å². The van der Waals surface area contributed by atoms with Gasteiger partial charge in [-0.05, 0) is 45.6 Å². The Morgan fingerprint density at radius 1 is 1.26 bits per heavy atom. The number of ether oxygens (including phenoxy) is 2. The molecule has 0 aromatic heterocycles. The molecular formula is C21H28N2O4. The summed E-state index contributed by atoms with van der Waals surface area (Å²) in [6.45, 7) is 5.79. The standard InChI is InChI=1S/C21H28N2O4/c1-3-26-19-10-16-9-13(2)27-18(16)11-17(19)22-20(24)15-5-4-8-23(12-15)21(25)14-6-7-14/h10-11,13-15H,3-9,12H2,1-2H3,(H,22,24)/t13-,15+/m0/s1. The van der Waals surface area contributed by atoms with Crippen molar-refractivity contribution in [3.63, 3.8) is 0 Å². The van der Waals surface area contributed by atoms with Crippen LogP contribution in [0.5, 0.6) is 11.5 Å². The number of fused-ring (bicyclic) bond motifs is 1. The van der Waals surface area contributed by atoms with Crippen molar-refractivity contribution in [2.45, 2.75) is 52.1 Å². The fraction of sp³-hybridized carbons (Fsp3) is 0.619. The molecule has 1 N–H and O–H groups in total. The molecule has 6 nitrogen and oxygen atoms in total. The lowest BCUT2D eigenvalue weighted by molar-refractivity contribution is -0.135. The Bertz CT molecular complexity index is 744. The molecule has 2 atom stereocenters. The van der Waals surface area contributed by atoms with Gasteiger partial charge in [-0.3, -0.25) is 9.59 Å². The van der Waals surface area contributed by atoms with Gasteiger partial charge in [0.25, 0.3) is 0 Å². The number of rotatable bonds is 5. The summed E-state index contributed by atoms with van der Waals surface area (Å²) in [5, 5.41) is 3.03.